The average molecular weight is 349 g/mol. The largest absolute Gasteiger partial charge is 0.496 e. The van der Waals surface area contributed by atoms with Gasteiger partial charge in [-0.3, -0.25) is 4.90 Å². The van der Waals surface area contributed by atoms with Crippen molar-refractivity contribution in [2.45, 2.75) is 38.9 Å². The van der Waals surface area contributed by atoms with Gasteiger partial charge in [-0.1, -0.05) is 36.4 Å². The van der Waals surface area contributed by atoms with Crippen LogP contribution in [0.2, 0.25) is 0 Å². The quantitative estimate of drug-likeness (QED) is 0.818. The third kappa shape index (κ3) is 3.29. The number of morpholine rings is 1. The Morgan fingerprint density at radius 1 is 1.08 bits per heavy atom. The summed E-state index contributed by atoms with van der Waals surface area (Å²) in [7, 11) is 1.74. The van der Waals surface area contributed by atoms with Gasteiger partial charge in [0.15, 0.2) is 0 Å². The van der Waals surface area contributed by atoms with E-state index in [0.29, 0.717) is 12.1 Å². The lowest BCUT2D eigenvalue weighted by atomic mass is 9.87. The molecule has 4 rings (SSSR count). The molecular weight excluding hydrogens is 322 g/mol. The molecule has 0 saturated carbocycles. The zero-order chi connectivity index (χ0) is 18.1. The molecule has 3 nitrogen and oxygen atoms in total. The zero-order valence-corrected chi connectivity index (χ0v) is 15.9. The molecule has 2 unspecified atom stereocenters. The van der Waals surface area contributed by atoms with Crippen LogP contribution in [0, 0.1) is 13.8 Å². The molecule has 2 aromatic carbocycles. The molecule has 2 heterocycles. The third-order valence-electron chi connectivity index (χ3n) is 5.64. The second-order valence-corrected chi connectivity index (χ2v) is 7.45. The van der Waals surface area contributed by atoms with E-state index in [4.69, 9.17) is 9.47 Å². The summed E-state index contributed by atoms with van der Waals surface area (Å²) in [5.74, 6) is 0.969. The molecule has 1 saturated heterocycles. The highest BCUT2D eigenvalue weighted by Crippen LogP contribution is 2.36. The van der Waals surface area contributed by atoms with Crippen LogP contribution in [0.1, 0.15) is 28.7 Å². The topological polar surface area (TPSA) is 21.7 Å². The summed E-state index contributed by atoms with van der Waals surface area (Å²) in [6.07, 6.45) is 3.46. The minimum atomic E-state index is 0.347. The Balaban J connectivity index is 1.63. The Morgan fingerprint density at radius 2 is 1.88 bits per heavy atom. The molecule has 2 aliphatic rings. The minimum absolute atomic E-state index is 0.347. The third-order valence-corrected chi connectivity index (χ3v) is 5.64. The first-order valence-electron chi connectivity index (χ1n) is 9.39. The van der Waals surface area contributed by atoms with Crippen molar-refractivity contribution in [2.24, 2.45) is 0 Å². The lowest BCUT2D eigenvalue weighted by Gasteiger charge is -2.45. The van der Waals surface area contributed by atoms with Crippen LogP contribution >= 0.6 is 0 Å². The van der Waals surface area contributed by atoms with E-state index in [0.717, 1.165) is 31.9 Å². The molecule has 0 radical (unpaired) electrons. The van der Waals surface area contributed by atoms with Gasteiger partial charge < -0.3 is 9.47 Å². The highest BCUT2D eigenvalue weighted by Gasteiger charge is 2.35. The van der Waals surface area contributed by atoms with E-state index < -0.39 is 0 Å². The van der Waals surface area contributed by atoms with Gasteiger partial charge in [0.2, 0.25) is 0 Å². The van der Waals surface area contributed by atoms with Crippen LogP contribution in [0.4, 0.5) is 0 Å². The summed E-state index contributed by atoms with van der Waals surface area (Å²) in [4.78, 5) is 2.61. The standard InChI is InChI=1S/C23H27NO2/c1-16-10-23(25-3)17(2)9-22(16)19-11-20-14-26-15-21(12-19)24(20)13-18-7-5-4-6-8-18/h4-11,20-21H,12-15H2,1-3H3. The molecule has 2 aromatic rings. The van der Waals surface area contributed by atoms with Crippen LogP contribution in [0.25, 0.3) is 5.57 Å². The van der Waals surface area contributed by atoms with E-state index in [1.807, 2.05) is 0 Å². The molecule has 0 N–H and O–H groups in total. The molecule has 0 aromatic heterocycles. The normalized spacial score (nSPS) is 22.8. The average Bonchev–Trinajstić information content (AvgIpc) is 2.64. The van der Waals surface area contributed by atoms with Crippen molar-refractivity contribution < 1.29 is 9.47 Å². The number of ether oxygens (including phenoxy) is 2. The van der Waals surface area contributed by atoms with E-state index in [2.05, 4.69) is 67.3 Å². The molecule has 2 bridgehead atoms. The maximum Gasteiger partial charge on any atom is 0.122 e. The molecule has 26 heavy (non-hydrogen) atoms. The van der Waals surface area contributed by atoms with Gasteiger partial charge >= 0.3 is 0 Å². The lowest BCUT2D eigenvalue weighted by molar-refractivity contribution is -0.0402. The summed E-state index contributed by atoms with van der Waals surface area (Å²) in [6.45, 7) is 6.89. The Hall–Kier alpha value is -2.10. The summed E-state index contributed by atoms with van der Waals surface area (Å²) in [6, 6.07) is 16.0. The van der Waals surface area contributed by atoms with Crippen LogP contribution in [0.3, 0.4) is 0 Å². The second-order valence-electron chi connectivity index (χ2n) is 7.45. The highest BCUT2D eigenvalue weighted by molar-refractivity contribution is 5.71. The number of aryl methyl sites for hydroxylation is 2. The van der Waals surface area contributed by atoms with Crippen molar-refractivity contribution in [1.29, 1.82) is 0 Å². The first-order valence-corrected chi connectivity index (χ1v) is 9.39. The molecule has 2 aliphatic heterocycles. The Labute approximate surface area is 156 Å². The van der Waals surface area contributed by atoms with Crippen LogP contribution in [-0.4, -0.2) is 37.3 Å². The van der Waals surface area contributed by atoms with Crippen molar-refractivity contribution in [3.63, 3.8) is 0 Å². The SMILES string of the molecule is COc1cc(C)c(C2=CC3COCC(C2)N3Cc2ccccc2)cc1C. The Morgan fingerprint density at radius 3 is 2.62 bits per heavy atom. The zero-order valence-electron chi connectivity index (χ0n) is 15.9. The molecule has 3 heteroatoms. The van der Waals surface area contributed by atoms with Crippen molar-refractivity contribution in [3.05, 3.63) is 70.8 Å². The van der Waals surface area contributed by atoms with Crippen molar-refractivity contribution >= 4 is 5.57 Å². The summed E-state index contributed by atoms with van der Waals surface area (Å²) >= 11 is 0. The molecule has 2 atom stereocenters. The highest BCUT2D eigenvalue weighted by atomic mass is 16.5. The number of nitrogens with zero attached hydrogens (tertiary/aromatic N) is 1. The fourth-order valence-electron chi connectivity index (χ4n) is 4.26. The van der Waals surface area contributed by atoms with Gasteiger partial charge in [0.05, 0.1) is 26.4 Å². The van der Waals surface area contributed by atoms with Crippen molar-refractivity contribution in [1.82, 2.24) is 4.90 Å². The van der Waals surface area contributed by atoms with Crippen molar-refractivity contribution in [2.75, 3.05) is 20.3 Å². The number of hydrogen-bond acceptors (Lipinski definition) is 3. The van der Waals surface area contributed by atoms with Gasteiger partial charge in [-0.2, -0.15) is 0 Å². The summed E-state index contributed by atoms with van der Waals surface area (Å²) in [5, 5.41) is 0. The predicted molar refractivity (Wildman–Crippen MR) is 105 cm³/mol. The Bertz CT molecular complexity index is 812. The lowest BCUT2D eigenvalue weighted by Crippen LogP contribution is -2.53. The molecule has 136 valence electrons. The number of benzene rings is 2. The number of hydrogen-bond donors (Lipinski definition) is 0. The van der Waals surface area contributed by atoms with Gasteiger partial charge in [-0.05, 0) is 60.2 Å². The van der Waals surface area contributed by atoms with Gasteiger partial charge in [0.25, 0.3) is 0 Å². The molecule has 0 spiro atoms. The maximum absolute atomic E-state index is 5.87. The second kappa shape index (κ2) is 7.26. The predicted octanol–water partition coefficient (Wildman–Crippen LogP) is 4.37. The van der Waals surface area contributed by atoms with Crippen molar-refractivity contribution in [3.8, 4) is 5.75 Å². The van der Waals surface area contributed by atoms with E-state index in [1.54, 1.807) is 7.11 Å². The van der Waals surface area contributed by atoms with E-state index >= 15 is 0 Å². The van der Waals surface area contributed by atoms with Gasteiger partial charge in [0.1, 0.15) is 5.75 Å². The number of methoxy groups -OCH3 is 1. The first kappa shape index (κ1) is 17.3. The molecule has 0 aliphatic carbocycles. The number of fused-ring (bicyclic) bond motifs is 2. The first-order chi connectivity index (χ1) is 12.7. The maximum atomic E-state index is 5.87. The van der Waals surface area contributed by atoms with E-state index in [9.17, 15) is 0 Å². The van der Waals surface area contributed by atoms with Crippen LogP contribution in [0.5, 0.6) is 5.75 Å². The van der Waals surface area contributed by atoms with E-state index in [-0.39, 0.29) is 0 Å². The fraction of sp³-hybridized carbons (Fsp3) is 0.391. The van der Waals surface area contributed by atoms with Gasteiger partial charge in [-0.15, -0.1) is 0 Å². The molecule has 0 amide bonds. The Kier molecular flexibility index (Phi) is 4.84. The molecular formula is C23H27NO2. The fourth-order valence-corrected chi connectivity index (χ4v) is 4.26. The van der Waals surface area contributed by atoms with E-state index in [1.165, 1.54) is 27.8 Å². The number of rotatable bonds is 4. The summed E-state index contributed by atoms with van der Waals surface area (Å²) in [5.41, 5.74) is 6.67. The van der Waals surface area contributed by atoms with Gasteiger partial charge in [0, 0.05) is 12.6 Å². The monoisotopic (exact) mass is 349 g/mol. The van der Waals surface area contributed by atoms with Crippen LogP contribution < -0.4 is 4.74 Å². The summed E-state index contributed by atoms with van der Waals surface area (Å²) < 4.78 is 11.4. The van der Waals surface area contributed by atoms with Gasteiger partial charge in [-0.25, -0.2) is 0 Å². The smallest absolute Gasteiger partial charge is 0.122 e. The molecule has 1 fully saturated rings. The van der Waals surface area contributed by atoms with Crippen LogP contribution in [-0.2, 0) is 11.3 Å². The minimum Gasteiger partial charge on any atom is -0.496 e. The van der Waals surface area contributed by atoms with Crippen LogP contribution in [0.15, 0.2) is 48.5 Å².